The summed E-state index contributed by atoms with van der Waals surface area (Å²) in [4.78, 5) is 12.2. The van der Waals surface area contributed by atoms with Crippen LogP contribution in [0.5, 0.6) is 0 Å². The number of nitrogens with one attached hydrogen (secondary N) is 1. The lowest BCUT2D eigenvalue weighted by Crippen LogP contribution is -2.42. The van der Waals surface area contributed by atoms with Crippen LogP contribution in [0.15, 0.2) is 18.2 Å². The number of carbonyl (C=O) groups is 1. The van der Waals surface area contributed by atoms with E-state index in [-0.39, 0.29) is 5.91 Å². The number of aryl methyl sites for hydroxylation is 1. The molecular weight excluding hydrogens is 300 g/mol. The fraction of sp³-hybridized carbons (Fsp3) is 0.462. The first kappa shape index (κ1) is 15.3. The van der Waals surface area contributed by atoms with Crippen LogP contribution in [0, 0.1) is 6.92 Å². The van der Waals surface area contributed by atoms with Gasteiger partial charge in [0.15, 0.2) is 0 Å². The topological polar surface area (TPSA) is 66.5 Å². The highest BCUT2D eigenvalue weighted by Crippen LogP contribution is 2.25. The molecule has 1 aliphatic heterocycles. The molecule has 1 amide bonds. The summed E-state index contributed by atoms with van der Waals surface area (Å²) in [5.74, 6) is -0.335. The second-order valence-corrected chi connectivity index (χ2v) is 7.35. The lowest BCUT2D eigenvalue weighted by atomic mass is 10.2. The van der Waals surface area contributed by atoms with Crippen molar-refractivity contribution in [2.24, 2.45) is 0 Å². The molecule has 0 bridgehead atoms. The number of halogens is 1. The number of rotatable bonds is 3. The number of carbonyl (C=O) groups excluding carboxylic acids is 1. The summed E-state index contributed by atoms with van der Waals surface area (Å²) in [5, 5.41) is 3.15. The summed E-state index contributed by atoms with van der Waals surface area (Å²) in [6.07, 6.45) is 2.34. The molecule has 1 atom stereocenters. The van der Waals surface area contributed by atoms with Crippen LogP contribution in [-0.2, 0) is 14.8 Å². The molecule has 1 saturated heterocycles. The maximum Gasteiger partial charge on any atom is 0.242 e. The lowest BCUT2D eigenvalue weighted by Gasteiger charge is -2.21. The number of nitrogens with zero attached hydrogens (tertiary/aromatic N) is 1. The van der Waals surface area contributed by atoms with Crippen molar-refractivity contribution in [1.82, 2.24) is 4.31 Å². The van der Waals surface area contributed by atoms with Crippen molar-refractivity contribution in [1.29, 1.82) is 0 Å². The van der Waals surface area contributed by atoms with Crippen LogP contribution in [0.2, 0.25) is 5.02 Å². The molecule has 0 saturated carbocycles. The Hall–Kier alpha value is -1.11. The van der Waals surface area contributed by atoms with Gasteiger partial charge in [0.1, 0.15) is 6.04 Å². The molecule has 5 nitrogen and oxygen atoms in total. The number of sulfonamides is 1. The van der Waals surface area contributed by atoms with Crippen molar-refractivity contribution in [3.63, 3.8) is 0 Å². The van der Waals surface area contributed by atoms with Gasteiger partial charge in [-0.1, -0.05) is 17.7 Å². The second kappa shape index (κ2) is 5.71. The van der Waals surface area contributed by atoms with Gasteiger partial charge >= 0.3 is 0 Å². The van der Waals surface area contributed by atoms with E-state index in [1.807, 2.05) is 13.0 Å². The van der Waals surface area contributed by atoms with Crippen LogP contribution in [0.1, 0.15) is 18.4 Å². The minimum absolute atomic E-state index is 0.335. The third kappa shape index (κ3) is 3.31. The predicted molar refractivity (Wildman–Crippen MR) is 79.4 cm³/mol. The zero-order chi connectivity index (χ0) is 14.9. The standard InChI is InChI=1S/C13H17ClN2O3S/c1-9-5-6-11(10(14)8-9)15-13(17)12-4-3-7-16(12)20(2,18)19/h5-6,8,12H,3-4,7H2,1-2H3,(H,15,17)/t12-/m0/s1. The van der Waals surface area contributed by atoms with Crippen LogP contribution in [0.25, 0.3) is 0 Å². The summed E-state index contributed by atoms with van der Waals surface area (Å²) in [7, 11) is -3.37. The molecule has 0 aliphatic carbocycles. The molecule has 2 rings (SSSR count). The largest absolute Gasteiger partial charge is 0.323 e. The monoisotopic (exact) mass is 316 g/mol. The maximum atomic E-state index is 12.2. The molecule has 1 N–H and O–H groups in total. The molecule has 110 valence electrons. The summed E-state index contributed by atoms with van der Waals surface area (Å²) in [5.41, 5.74) is 1.49. The van der Waals surface area contributed by atoms with Crippen molar-refractivity contribution in [2.75, 3.05) is 18.1 Å². The van der Waals surface area contributed by atoms with Crippen LogP contribution < -0.4 is 5.32 Å². The fourth-order valence-electron chi connectivity index (χ4n) is 2.34. The number of hydrogen-bond acceptors (Lipinski definition) is 3. The molecule has 1 aliphatic rings. The van der Waals surface area contributed by atoms with Crippen LogP contribution in [-0.4, -0.2) is 37.5 Å². The van der Waals surface area contributed by atoms with Gasteiger partial charge < -0.3 is 5.32 Å². The Labute approximate surface area is 124 Å². The summed E-state index contributed by atoms with van der Waals surface area (Å²) in [6, 6.07) is 4.65. The number of benzene rings is 1. The average Bonchev–Trinajstić information content (AvgIpc) is 2.81. The SMILES string of the molecule is Cc1ccc(NC(=O)[C@@H]2CCCN2S(C)(=O)=O)c(Cl)c1. The van der Waals surface area contributed by atoms with Gasteiger partial charge in [0.2, 0.25) is 15.9 Å². The minimum atomic E-state index is -3.37. The summed E-state index contributed by atoms with van der Waals surface area (Å²) >= 11 is 6.06. The first-order valence-corrected chi connectivity index (χ1v) is 8.55. The molecule has 0 aromatic heterocycles. The molecule has 1 heterocycles. The number of amides is 1. The molecular formula is C13H17ClN2O3S. The normalized spacial score (nSPS) is 20.1. The van der Waals surface area contributed by atoms with E-state index in [4.69, 9.17) is 11.6 Å². The van der Waals surface area contributed by atoms with Crippen LogP contribution in [0.4, 0.5) is 5.69 Å². The van der Waals surface area contributed by atoms with E-state index in [1.165, 1.54) is 4.31 Å². The van der Waals surface area contributed by atoms with E-state index in [9.17, 15) is 13.2 Å². The van der Waals surface area contributed by atoms with Gasteiger partial charge in [-0.25, -0.2) is 8.42 Å². The molecule has 1 aromatic rings. The molecule has 7 heteroatoms. The molecule has 1 fully saturated rings. The molecule has 0 spiro atoms. The lowest BCUT2D eigenvalue weighted by molar-refractivity contribution is -0.119. The van der Waals surface area contributed by atoms with Gasteiger partial charge in [-0.15, -0.1) is 0 Å². The Morgan fingerprint density at radius 1 is 1.45 bits per heavy atom. The van der Waals surface area contributed by atoms with Gasteiger partial charge in [0, 0.05) is 6.54 Å². The van der Waals surface area contributed by atoms with E-state index in [2.05, 4.69) is 5.32 Å². The Morgan fingerprint density at radius 3 is 2.75 bits per heavy atom. The molecule has 0 unspecified atom stereocenters. The van der Waals surface area contributed by atoms with Crippen molar-refractivity contribution in [3.05, 3.63) is 28.8 Å². The van der Waals surface area contributed by atoms with Crippen molar-refractivity contribution in [2.45, 2.75) is 25.8 Å². The van der Waals surface area contributed by atoms with Crippen LogP contribution in [0.3, 0.4) is 0 Å². The van der Waals surface area contributed by atoms with E-state index < -0.39 is 16.1 Å². The van der Waals surface area contributed by atoms with Gasteiger partial charge in [0.05, 0.1) is 17.0 Å². The molecule has 1 aromatic carbocycles. The summed E-state index contributed by atoms with van der Waals surface area (Å²) in [6.45, 7) is 2.29. The highest BCUT2D eigenvalue weighted by Gasteiger charge is 2.36. The van der Waals surface area contributed by atoms with Gasteiger partial charge in [0.25, 0.3) is 0 Å². The Kier molecular flexibility index (Phi) is 4.36. The smallest absolute Gasteiger partial charge is 0.242 e. The number of anilines is 1. The van der Waals surface area contributed by atoms with E-state index in [1.54, 1.807) is 12.1 Å². The third-order valence-corrected chi connectivity index (χ3v) is 4.92. The van der Waals surface area contributed by atoms with E-state index in [0.717, 1.165) is 11.8 Å². The second-order valence-electron chi connectivity index (χ2n) is 5.00. The highest BCUT2D eigenvalue weighted by molar-refractivity contribution is 7.88. The Balaban J connectivity index is 2.16. The maximum absolute atomic E-state index is 12.2. The molecule has 20 heavy (non-hydrogen) atoms. The van der Waals surface area contributed by atoms with Crippen molar-refractivity contribution in [3.8, 4) is 0 Å². The van der Waals surface area contributed by atoms with E-state index >= 15 is 0 Å². The first-order valence-electron chi connectivity index (χ1n) is 6.33. The zero-order valence-corrected chi connectivity index (χ0v) is 13.0. The quantitative estimate of drug-likeness (QED) is 0.927. The van der Waals surface area contributed by atoms with E-state index in [0.29, 0.717) is 30.1 Å². The molecule has 0 radical (unpaired) electrons. The zero-order valence-electron chi connectivity index (χ0n) is 11.4. The van der Waals surface area contributed by atoms with Crippen LogP contribution >= 0.6 is 11.6 Å². The van der Waals surface area contributed by atoms with Gasteiger partial charge in [-0.2, -0.15) is 4.31 Å². The number of hydrogen-bond donors (Lipinski definition) is 1. The Bertz CT molecular complexity index is 631. The third-order valence-electron chi connectivity index (χ3n) is 3.31. The Morgan fingerprint density at radius 2 is 2.15 bits per heavy atom. The first-order chi connectivity index (χ1) is 9.29. The summed E-state index contributed by atoms with van der Waals surface area (Å²) < 4.78 is 24.5. The highest BCUT2D eigenvalue weighted by atomic mass is 35.5. The van der Waals surface area contributed by atoms with Gasteiger partial charge in [-0.3, -0.25) is 4.79 Å². The van der Waals surface area contributed by atoms with Crippen molar-refractivity contribution < 1.29 is 13.2 Å². The van der Waals surface area contributed by atoms with Gasteiger partial charge in [-0.05, 0) is 37.5 Å². The average molecular weight is 317 g/mol. The fourth-order valence-corrected chi connectivity index (χ4v) is 3.74. The minimum Gasteiger partial charge on any atom is -0.323 e. The predicted octanol–water partition coefficient (Wildman–Crippen LogP) is 2.01. The van der Waals surface area contributed by atoms with Crippen molar-refractivity contribution >= 4 is 33.2 Å².